The number of nitrogens with one attached hydrogen (secondary N) is 2. The highest BCUT2D eigenvalue weighted by molar-refractivity contribution is 7.07. The van der Waals surface area contributed by atoms with E-state index in [-0.39, 0.29) is 18.3 Å². The van der Waals surface area contributed by atoms with Crippen LogP contribution in [0.15, 0.2) is 41.1 Å². The van der Waals surface area contributed by atoms with Gasteiger partial charge in [-0.25, -0.2) is 9.37 Å². The Morgan fingerprint density at radius 2 is 2.09 bits per heavy atom. The second-order valence-electron chi connectivity index (χ2n) is 5.02. The number of carbonyl (C=O) groups is 1. The van der Waals surface area contributed by atoms with Gasteiger partial charge in [-0.05, 0) is 53.1 Å². The van der Waals surface area contributed by atoms with Crippen LogP contribution in [0.2, 0.25) is 0 Å². The van der Waals surface area contributed by atoms with Crippen molar-refractivity contribution in [2.45, 2.75) is 19.4 Å². The van der Waals surface area contributed by atoms with E-state index in [4.69, 9.17) is 0 Å². The van der Waals surface area contributed by atoms with Crippen LogP contribution in [-0.4, -0.2) is 21.1 Å². The number of rotatable bonds is 6. The number of nitrogens with zero attached hydrogens (tertiary/aromatic N) is 2. The van der Waals surface area contributed by atoms with Gasteiger partial charge in [-0.1, -0.05) is 0 Å². The van der Waals surface area contributed by atoms with Crippen LogP contribution in [0, 0.1) is 5.82 Å². The summed E-state index contributed by atoms with van der Waals surface area (Å²) in [6.45, 7) is 0.288. The van der Waals surface area contributed by atoms with Crippen LogP contribution in [-0.2, 0) is 17.8 Å². The van der Waals surface area contributed by atoms with Gasteiger partial charge in [0.15, 0.2) is 5.82 Å². The Hall–Kier alpha value is -2.54. The largest absolute Gasteiger partial charge is 0.349 e. The summed E-state index contributed by atoms with van der Waals surface area (Å²) in [6.07, 6.45) is 1.17. The van der Waals surface area contributed by atoms with Crippen molar-refractivity contribution < 1.29 is 9.18 Å². The summed E-state index contributed by atoms with van der Waals surface area (Å²) >= 11 is 1.62. The molecule has 118 valence electrons. The fourth-order valence-corrected chi connectivity index (χ4v) is 2.77. The van der Waals surface area contributed by atoms with Crippen molar-refractivity contribution in [1.82, 2.24) is 20.5 Å². The highest BCUT2D eigenvalue weighted by atomic mass is 32.1. The Morgan fingerprint density at radius 1 is 1.26 bits per heavy atom. The van der Waals surface area contributed by atoms with Crippen molar-refractivity contribution in [3.63, 3.8) is 0 Å². The van der Waals surface area contributed by atoms with E-state index < -0.39 is 0 Å². The van der Waals surface area contributed by atoms with Gasteiger partial charge in [-0.3, -0.25) is 9.89 Å². The first kappa shape index (κ1) is 15.4. The average Bonchev–Trinajstić information content (AvgIpc) is 3.23. The van der Waals surface area contributed by atoms with Crippen molar-refractivity contribution in [2.24, 2.45) is 0 Å². The maximum atomic E-state index is 12.9. The van der Waals surface area contributed by atoms with E-state index in [1.807, 2.05) is 16.8 Å². The number of H-pyrrole nitrogens is 1. The maximum Gasteiger partial charge on any atom is 0.220 e. The summed E-state index contributed by atoms with van der Waals surface area (Å²) in [4.78, 5) is 16.1. The normalized spacial score (nSPS) is 10.7. The quantitative estimate of drug-likeness (QED) is 0.730. The second-order valence-corrected chi connectivity index (χ2v) is 5.80. The van der Waals surface area contributed by atoms with Crippen LogP contribution in [0.5, 0.6) is 0 Å². The third-order valence-electron chi connectivity index (χ3n) is 3.31. The lowest BCUT2D eigenvalue weighted by Crippen LogP contribution is -2.23. The SMILES string of the molecule is O=C(CCc1ccsc1)NCc1nc(-c2ccc(F)cc2)n[nH]1. The van der Waals surface area contributed by atoms with Gasteiger partial charge < -0.3 is 5.32 Å². The summed E-state index contributed by atoms with van der Waals surface area (Å²) < 4.78 is 12.9. The van der Waals surface area contributed by atoms with Gasteiger partial charge >= 0.3 is 0 Å². The van der Waals surface area contributed by atoms with Crippen molar-refractivity contribution in [1.29, 1.82) is 0 Å². The number of aryl methyl sites for hydroxylation is 1. The summed E-state index contributed by atoms with van der Waals surface area (Å²) in [5.41, 5.74) is 1.89. The molecule has 0 aliphatic carbocycles. The molecule has 0 bridgehead atoms. The molecule has 0 radical (unpaired) electrons. The predicted octanol–water partition coefficient (Wildman–Crippen LogP) is 2.92. The van der Waals surface area contributed by atoms with Crippen molar-refractivity contribution in [2.75, 3.05) is 0 Å². The Kier molecular flexibility index (Phi) is 4.77. The topological polar surface area (TPSA) is 70.7 Å². The molecule has 0 aliphatic heterocycles. The van der Waals surface area contributed by atoms with Gasteiger partial charge in [0, 0.05) is 12.0 Å². The van der Waals surface area contributed by atoms with E-state index in [1.165, 1.54) is 17.7 Å². The second kappa shape index (κ2) is 7.15. The molecular weight excluding hydrogens is 315 g/mol. The Labute approximate surface area is 136 Å². The first-order valence-electron chi connectivity index (χ1n) is 7.16. The van der Waals surface area contributed by atoms with Gasteiger partial charge in [-0.15, -0.1) is 0 Å². The summed E-state index contributed by atoms with van der Waals surface area (Å²) in [5.74, 6) is 0.707. The zero-order valence-corrected chi connectivity index (χ0v) is 13.1. The number of halogens is 1. The minimum atomic E-state index is -0.303. The number of thiophene rings is 1. The lowest BCUT2D eigenvalue weighted by atomic mass is 10.2. The van der Waals surface area contributed by atoms with E-state index in [0.29, 0.717) is 18.1 Å². The maximum absolute atomic E-state index is 12.9. The number of amides is 1. The molecule has 0 saturated heterocycles. The molecule has 0 atom stereocenters. The number of hydrogen-bond acceptors (Lipinski definition) is 4. The fraction of sp³-hybridized carbons (Fsp3) is 0.188. The van der Waals surface area contributed by atoms with E-state index in [9.17, 15) is 9.18 Å². The molecule has 1 amide bonds. The zero-order chi connectivity index (χ0) is 16.1. The molecule has 0 saturated carbocycles. The van der Waals surface area contributed by atoms with Gasteiger partial charge in [0.05, 0.1) is 6.54 Å². The Balaban J connectivity index is 1.50. The molecule has 2 aromatic heterocycles. The summed E-state index contributed by atoms with van der Waals surface area (Å²) in [5, 5.41) is 13.7. The standard InChI is InChI=1S/C16H15FN4OS/c17-13-4-2-12(3-5-13)16-19-14(20-21-16)9-18-15(22)6-1-11-7-8-23-10-11/h2-5,7-8,10H,1,6,9H2,(H,18,22)(H,19,20,21). The van der Waals surface area contributed by atoms with Crippen LogP contribution in [0.4, 0.5) is 4.39 Å². The molecular formula is C16H15FN4OS. The van der Waals surface area contributed by atoms with E-state index in [1.54, 1.807) is 23.5 Å². The Morgan fingerprint density at radius 3 is 2.83 bits per heavy atom. The number of carbonyl (C=O) groups excluding carboxylic acids is 1. The van der Waals surface area contributed by atoms with Gasteiger partial charge in [-0.2, -0.15) is 16.4 Å². The van der Waals surface area contributed by atoms with Crippen LogP contribution in [0.1, 0.15) is 17.8 Å². The molecule has 2 heterocycles. The third kappa shape index (κ3) is 4.23. The number of hydrogen-bond donors (Lipinski definition) is 2. The molecule has 0 aliphatic rings. The van der Waals surface area contributed by atoms with Crippen LogP contribution >= 0.6 is 11.3 Å². The first-order chi connectivity index (χ1) is 11.2. The third-order valence-corrected chi connectivity index (χ3v) is 4.04. The molecule has 23 heavy (non-hydrogen) atoms. The van der Waals surface area contributed by atoms with Crippen LogP contribution < -0.4 is 5.32 Å². The van der Waals surface area contributed by atoms with E-state index >= 15 is 0 Å². The lowest BCUT2D eigenvalue weighted by Gasteiger charge is -2.02. The monoisotopic (exact) mass is 330 g/mol. The minimum Gasteiger partial charge on any atom is -0.349 e. The number of aromatic nitrogens is 3. The molecule has 5 nitrogen and oxygen atoms in total. The van der Waals surface area contributed by atoms with E-state index in [0.717, 1.165) is 12.0 Å². The molecule has 2 N–H and O–H groups in total. The summed E-state index contributed by atoms with van der Waals surface area (Å²) in [7, 11) is 0. The highest BCUT2D eigenvalue weighted by Gasteiger charge is 2.08. The molecule has 0 unspecified atom stereocenters. The molecule has 7 heteroatoms. The molecule has 1 aromatic carbocycles. The van der Waals surface area contributed by atoms with Crippen molar-refractivity contribution in [3.8, 4) is 11.4 Å². The molecule has 0 spiro atoms. The van der Waals surface area contributed by atoms with Crippen molar-refractivity contribution >= 4 is 17.2 Å². The fourth-order valence-electron chi connectivity index (χ4n) is 2.07. The van der Waals surface area contributed by atoms with Gasteiger partial charge in [0.25, 0.3) is 0 Å². The van der Waals surface area contributed by atoms with Crippen LogP contribution in [0.3, 0.4) is 0 Å². The van der Waals surface area contributed by atoms with Crippen LogP contribution in [0.25, 0.3) is 11.4 Å². The van der Waals surface area contributed by atoms with Crippen molar-refractivity contribution in [3.05, 3.63) is 58.3 Å². The average molecular weight is 330 g/mol. The first-order valence-corrected chi connectivity index (χ1v) is 8.10. The molecule has 3 rings (SSSR count). The highest BCUT2D eigenvalue weighted by Crippen LogP contribution is 2.14. The van der Waals surface area contributed by atoms with Gasteiger partial charge in [0.1, 0.15) is 11.6 Å². The van der Waals surface area contributed by atoms with E-state index in [2.05, 4.69) is 20.5 Å². The van der Waals surface area contributed by atoms with Gasteiger partial charge in [0.2, 0.25) is 5.91 Å². The number of aromatic amines is 1. The molecule has 3 aromatic rings. The summed E-state index contributed by atoms with van der Waals surface area (Å²) in [6, 6.07) is 7.96. The zero-order valence-electron chi connectivity index (χ0n) is 12.3. The number of benzene rings is 1. The molecule has 0 fully saturated rings. The lowest BCUT2D eigenvalue weighted by molar-refractivity contribution is -0.121. The Bertz CT molecular complexity index is 768. The predicted molar refractivity (Wildman–Crippen MR) is 86.3 cm³/mol. The smallest absolute Gasteiger partial charge is 0.220 e. The minimum absolute atomic E-state index is 0.0315.